The molecule has 0 aliphatic carbocycles. The first kappa shape index (κ1) is 11.0. The van der Waals surface area contributed by atoms with Crippen molar-refractivity contribution in [3.8, 4) is 0 Å². The van der Waals surface area contributed by atoms with Crippen molar-refractivity contribution in [3.05, 3.63) is 6.92 Å². The summed E-state index contributed by atoms with van der Waals surface area (Å²) in [6.45, 7) is 6.47. The number of hydrogen-bond acceptors (Lipinski definition) is 1. The van der Waals surface area contributed by atoms with E-state index in [-0.39, 0.29) is 21.1 Å². The quantitative estimate of drug-likeness (QED) is 0.728. The molecule has 0 aromatic rings. The number of rotatable bonds is 1. The average molecular weight is 285 g/mol. The molecular weight excluding hydrogens is 276 g/mol. The van der Waals surface area contributed by atoms with Crippen molar-refractivity contribution in [2.24, 2.45) is 5.41 Å². The maximum absolute atomic E-state index is 9.96. The summed E-state index contributed by atoms with van der Waals surface area (Å²) in [6, 6.07) is 0. The van der Waals surface area contributed by atoms with Crippen LogP contribution < -0.4 is 0 Å². The van der Waals surface area contributed by atoms with Gasteiger partial charge in [-0.2, -0.15) is 0 Å². The molecule has 8 heavy (non-hydrogen) atoms. The normalized spacial score (nSPS) is 9.88. The standard InChI is InChI=1S/C5H9O2.W/c1-5(2,3)4(6)7;/h1H2,2-3H3,(H,6,7);/q-1;. The first-order valence-corrected chi connectivity index (χ1v) is 2.03. The maximum Gasteiger partial charge on any atom is 0.278 e. The van der Waals surface area contributed by atoms with Gasteiger partial charge in [0, 0.05) is 21.1 Å². The monoisotopic (exact) mass is 285 g/mol. The van der Waals surface area contributed by atoms with Crippen LogP contribution in [0.3, 0.4) is 0 Å². The van der Waals surface area contributed by atoms with Crippen molar-refractivity contribution in [1.29, 1.82) is 0 Å². The Balaban J connectivity index is 0. The third-order valence-electron chi connectivity index (χ3n) is 0.579. The van der Waals surface area contributed by atoms with Crippen LogP contribution in [0.15, 0.2) is 0 Å². The molecule has 0 aliphatic rings. The summed E-state index contributed by atoms with van der Waals surface area (Å²) < 4.78 is 0. The molecule has 0 atom stereocenters. The van der Waals surface area contributed by atoms with Gasteiger partial charge < -0.3 is 12.0 Å². The number of hydrogen-bond donors (Lipinski definition) is 1. The van der Waals surface area contributed by atoms with E-state index in [9.17, 15) is 4.79 Å². The van der Waals surface area contributed by atoms with Gasteiger partial charge in [-0.1, -0.05) is 19.3 Å². The number of carboxylic acid groups (broad SMARTS) is 1. The zero-order valence-electron chi connectivity index (χ0n) is 4.97. The molecule has 48 valence electrons. The SMILES string of the molecule is [CH2-]C(C)(C)C(=O)O.[W]. The molecule has 0 amide bonds. The Morgan fingerprint density at radius 3 is 1.75 bits per heavy atom. The van der Waals surface area contributed by atoms with Crippen LogP contribution in [0.25, 0.3) is 0 Å². The second-order valence-corrected chi connectivity index (χ2v) is 2.19. The molecule has 0 saturated carbocycles. The van der Waals surface area contributed by atoms with E-state index in [2.05, 4.69) is 6.92 Å². The Bertz CT molecular complexity index is 82.9. The predicted molar refractivity (Wildman–Crippen MR) is 26.8 cm³/mol. The van der Waals surface area contributed by atoms with E-state index in [1.165, 1.54) is 0 Å². The topological polar surface area (TPSA) is 37.3 Å². The van der Waals surface area contributed by atoms with Gasteiger partial charge in [-0.25, -0.2) is 0 Å². The molecule has 0 rings (SSSR count). The Labute approximate surface area is 63.5 Å². The fourth-order valence-corrected chi connectivity index (χ4v) is 0. The molecule has 0 saturated heterocycles. The second kappa shape index (κ2) is 3.24. The zero-order valence-corrected chi connectivity index (χ0v) is 7.90. The van der Waals surface area contributed by atoms with Crippen molar-refractivity contribution in [2.45, 2.75) is 13.8 Å². The molecule has 0 spiro atoms. The summed E-state index contributed by atoms with van der Waals surface area (Å²) in [5.74, 6) is -0.868. The number of aliphatic carboxylic acids is 1. The van der Waals surface area contributed by atoms with Crippen molar-refractivity contribution >= 4 is 5.97 Å². The zero-order chi connectivity index (χ0) is 6.08. The summed E-state index contributed by atoms with van der Waals surface area (Å²) >= 11 is 0. The summed E-state index contributed by atoms with van der Waals surface area (Å²) in [6.07, 6.45) is 0. The predicted octanol–water partition coefficient (Wildman–Crippen LogP) is 0.929. The van der Waals surface area contributed by atoms with Crippen LogP contribution in [0.2, 0.25) is 0 Å². The van der Waals surface area contributed by atoms with Gasteiger partial charge in [-0.3, -0.25) is 4.79 Å². The summed E-state index contributed by atoms with van der Waals surface area (Å²) in [7, 11) is 0. The molecular formula is C5H9O2W-. The van der Waals surface area contributed by atoms with E-state index in [1.54, 1.807) is 13.8 Å². The van der Waals surface area contributed by atoms with Gasteiger partial charge in [0.15, 0.2) is 0 Å². The molecule has 0 radical (unpaired) electrons. The fourth-order valence-electron chi connectivity index (χ4n) is 0. The van der Waals surface area contributed by atoms with Gasteiger partial charge in [0.2, 0.25) is 0 Å². The first-order valence-electron chi connectivity index (χ1n) is 2.03. The van der Waals surface area contributed by atoms with E-state index < -0.39 is 11.4 Å². The Morgan fingerprint density at radius 1 is 1.62 bits per heavy atom. The Morgan fingerprint density at radius 2 is 1.75 bits per heavy atom. The average Bonchev–Trinajstić information content (AvgIpc) is 1.31. The molecule has 0 aromatic heterocycles. The van der Waals surface area contributed by atoms with E-state index in [0.717, 1.165) is 0 Å². The van der Waals surface area contributed by atoms with Gasteiger partial charge >= 0.3 is 0 Å². The van der Waals surface area contributed by atoms with Crippen molar-refractivity contribution in [2.75, 3.05) is 0 Å². The summed E-state index contributed by atoms with van der Waals surface area (Å²) in [5, 5.41) is 8.19. The van der Waals surface area contributed by atoms with Gasteiger partial charge in [0.05, 0.1) is 0 Å². The van der Waals surface area contributed by atoms with Crippen molar-refractivity contribution < 1.29 is 31.0 Å². The minimum Gasteiger partial charge on any atom is -0.483 e. The molecule has 0 fully saturated rings. The fraction of sp³-hybridized carbons (Fsp3) is 0.600. The molecule has 0 heterocycles. The van der Waals surface area contributed by atoms with Crippen LogP contribution in [0.5, 0.6) is 0 Å². The van der Waals surface area contributed by atoms with Gasteiger partial charge in [-0.15, -0.1) is 0 Å². The smallest absolute Gasteiger partial charge is 0.278 e. The van der Waals surface area contributed by atoms with E-state index in [0.29, 0.717) is 0 Å². The Hall–Kier alpha value is 0.158. The van der Waals surface area contributed by atoms with Crippen LogP contribution in [0, 0.1) is 12.3 Å². The summed E-state index contributed by atoms with van der Waals surface area (Å²) in [5.41, 5.74) is -0.833. The van der Waals surface area contributed by atoms with Crippen LogP contribution >= 0.6 is 0 Å². The molecule has 3 heteroatoms. The largest absolute Gasteiger partial charge is 0.483 e. The van der Waals surface area contributed by atoms with Crippen LogP contribution in [-0.4, -0.2) is 11.1 Å². The van der Waals surface area contributed by atoms with Gasteiger partial charge in [0.25, 0.3) is 5.97 Å². The molecule has 2 nitrogen and oxygen atoms in total. The van der Waals surface area contributed by atoms with Crippen LogP contribution in [-0.2, 0) is 25.9 Å². The number of carboxylic acids is 1. The van der Waals surface area contributed by atoms with Crippen LogP contribution in [0.1, 0.15) is 13.8 Å². The third-order valence-corrected chi connectivity index (χ3v) is 0.579. The van der Waals surface area contributed by atoms with Gasteiger partial charge in [-0.05, 0) is 0 Å². The molecule has 0 aliphatic heterocycles. The van der Waals surface area contributed by atoms with Crippen molar-refractivity contribution in [3.63, 3.8) is 0 Å². The van der Waals surface area contributed by atoms with E-state index in [4.69, 9.17) is 5.11 Å². The second-order valence-electron chi connectivity index (χ2n) is 2.19. The van der Waals surface area contributed by atoms with Crippen molar-refractivity contribution in [1.82, 2.24) is 0 Å². The van der Waals surface area contributed by atoms with E-state index >= 15 is 0 Å². The van der Waals surface area contributed by atoms with E-state index in [1.807, 2.05) is 0 Å². The molecule has 0 unspecified atom stereocenters. The minimum atomic E-state index is -0.868. The summed E-state index contributed by atoms with van der Waals surface area (Å²) in [4.78, 5) is 9.96. The molecule has 0 bridgehead atoms. The maximum atomic E-state index is 9.96. The molecule has 1 N–H and O–H groups in total. The number of carbonyl (C=O) groups is 1. The van der Waals surface area contributed by atoms with Crippen LogP contribution in [0.4, 0.5) is 0 Å². The third kappa shape index (κ3) is 4.32. The molecule has 0 aromatic carbocycles. The van der Waals surface area contributed by atoms with Gasteiger partial charge in [0.1, 0.15) is 0 Å². The Kier molecular flexibility index (Phi) is 4.46. The minimum absolute atomic E-state index is 0. The first-order chi connectivity index (χ1) is 2.94.